The summed E-state index contributed by atoms with van der Waals surface area (Å²) in [5.74, 6) is 0.941. The molecule has 0 radical (unpaired) electrons. The van der Waals surface area contributed by atoms with E-state index in [1.807, 2.05) is 17.8 Å². The molecule has 1 heterocycles. The Hall–Kier alpha value is -1.78. The molecule has 1 fully saturated rings. The molecule has 2 unspecified atom stereocenters. The Morgan fingerprint density at radius 1 is 1.15 bits per heavy atom. The van der Waals surface area contributed by atoms with Crippen LogP contribution in [-0.4, -0.2) is 31.4 Å². The zero-order chi connectivity index (χ0) is 18.4. The van der Waals surface area contributed by atoms with E-state index < -0.39 is 0 Å². The number of carbonyl (C=O) groups is 1. The predicted molar refractivity (Wildman–Crippen MR) is 109 cm³/mol. The number of esters is 1. The van der Waals surface area contributed by atoms with Gasteiger partial charge in [-0.05, 0) is 35.3 Å². The topological polar surface area (TPSA) is 38.3 Å². The lowest BCUT2D eigenvalue weighted by atomic mass is 9.93. The van der Waals surface area contributed by atoms with E-state index in [0.717, 1.165) is 18.7 Å². The van der Waals surface area contributed by atoms with Crippen molar-refractivity contribution in [3.63, 3.8) is 0 Å². The van der Waals surface area contributed by atoms with Crippen molar-refractivity contribution in [3.8, 4) is 11.1 Å². The van der Waals surface area contributed by atoms with Crippen molar-refractivity contribution in [1.82, 2.24) is 5.32 Å². The molecule has 0 bridgehead atoms. The second kappa shape index (κ2) is 8.74. The monoisotopic (exact) mass is 369 g/mol. The van der Waals surface area contributed by atoms with Crippen molar-refractivity contribution < 1.29 is 9.53 Å². The Labute approximate surface area is 160 Å². The highest BCUT2D eigenvalue weighted by Gasteiger charge is 2.43. The van der Waals surface area contributed by atoms with E-state index in [4.69, 9.17) is 4.74 Å². The van der Waals surface area contributed by atoms with Gasteiger partial charge in [0.25, 0.3) is 0 Å². The minimum atomic E-state index is -0.220. The van der Waals surface area contributed by atoms with E-state index in [9.17, 15) is 4.79 Å². The molecule has 0 saturated carbocycles. The average Bonchev–Trinajstić information content (AvgIpc) is 3.14. The molecule has 4 heteroatoms. The van der Waals surface area contributed by atoms with Crippen molar-refractivity contribution in [2.24, 2.45) is 0 Å². The standard InChI is InChI=1S/C22H27NO2S/c1-3-4-14-26-22(15-20(23-16-22)21(24)25-2)19-12-10-18(11-13-19)17-8-6-5-7-9-17/h5-13,20,23H,3-4,14-16H2,1-2H3. The molecule has 0 aromatic heterocycles. The van der Waals surface area contributed by atoms with Crippen molar-refractivity contribution in [2.45, 2.75) is 37.0 Å². The van der Waals surface area contributed by atoms with Gasteiger partial charge in [0.15, 0.2) is 0 Å². The van der Waals surface area contributed by atoms with Gasteiger partial charge < -0.3 is 10.1 Å². The van der Waals surface area contributed by atoms with Crippen LogP contribution in [0.1, 0.15) is 31.7 Å². The van der Waals surface area contributed by atoms with Gasteiger partial charge >= 0.3 is 5.97 Å². The van der Waals surface area contributed by atoms with Crippen molar-refractivity contribution in [2.75, 3.05) is 19.4 Å². The highest BCUT2D eigenvalue weighted by molar-refractivity contribution is 8.00. The van der Waals surface area contributed by atoms with E-state index in [1.165, 1.54) is 36.6 Å². The molecule has 2 aromatic rings. The second-order valence-electron chi connectivity index (χ2n) is 6.80. The summed E-state index contributed by atoms with van der Waals surface area (Å²) in [7, 11) is 1.46. The number of carbonyl (C=O) groups excluding carboxylic acids is 1. The summed E-state index contributed by atoms with van der Waals surface area (Å²) < 4.78 is 4.89. The van der Waals surface area contributed by atoms with Crippen LogP contribution in [0.4, 0.5) is 0 Å². The van der Waals surface area contributed by atoms with Gasteiger partial charge in [0, 0.05) is 6.54 Å². The molecule has 1 aliphatic heterocycles. The molecule has 2 atom stereocenters. The summed E-state index contributed by atoms with van der Waals surface area (Å²) in [6.45, 7) is 3.01. The van der Waals surface area contributed by atoms with Crippen LogP contribution in [0, 0.1) is 0 Å². The lowest BCUT2D eigenvalue weighted by molar-refractivity contribution is -0.142. The molecule has 1 saturated heterocycles. The Morgan fingerprint density at radius 3 is 2.50 bits per heavy atom. The Kier molecular flexibility index (Phi) is 6.38. The van der Waals surface area contributed by atoms with Gasteiger partial charge in [-0.3, -0.25) is 4.79 Å². The summed E-state index contributed by atoms with van der Waals surface area (Å²) in [6, 6.07) is 19.0. The van der Waals surface area contributed by atoms with E-state index >= 15 is 0 Å². The maximum Gasteiger partial charge on any atom is 0.322 e. The first-order valence-corrected chi connectivity index (χ1v) is 10.3. The van der Waals surface area contributed by atoms with Crippen LogP contribution in [0.15, 0.2) is 54.6 Å². The molecule has 2 aromatic carbocycles. The van der Waals surface area contributed by atoms with Crippen LogP contribution in [0.2, 0.25) is 0 Å². The number of ether oxygens (including phenoxy) is 1. The summed E-state index contributed by atoms with van der Waals surface area (Å²) in [5.41, 5.74) is 3.74. The minimum absolute atomic E-state index is 0.0662. The first-order chi connectivity index (χ1) is 12.7. The molecule has 0 amide bonds. The molecule has 0 aliphatic carbocycles. The Balaban J connectivity index is 1.84. The fourth-order valence-electron chi connectivity index (χ4n) is 3.49. The van der Waals surface area contributed by atoms with Gasteiger partial charge in [-0.15, -0.1) is 11.8 Å². The molecule has 1 N–H and O–H groups in total. The van der Waals surface area contributed by atoms with Crippen molar-refractivity contribution in [3.05, 3.63) is 60.2 Å². The highest BCUT2D eigenvalue weighted by atomic mass is 32.2. The predicted octanol–water partition coefficient (Wildman–Crippen LogP) is 4.62. The zero-order valence-electron chi connectivity index (χ0n) is 15.5. The van der Waals surface area contributed by atoms with Crippen LogP contribution in [0.5, 0.6) is 0 Å². The van der Waals surface area contributed by atoms with E-state index in [2.05, 4.69) is 60.8 Å². The lowest BCUT2D eigenvalue weighted by Crippen LogP contribution is -2.31. The fraction of sp³-hybridized carbons (Fsp3) is 0.409. The zero-order valence-corrected chi connectivity index (χ0v) is 16.4. The number of hydrogen-bond acceptors (Lipinski definition) is 4. The Bertz CT molecular complexity index is 717. The van der Waals surface area contributed by atoms with Crippen molar-refractivity contribution in [1.29, 1.82) is 0 Å². The minimum Gasteiger partial charge on any atom is -0.468 e. The third kappa shape index (κ3) is 4.13. The highest BCUT2D eigenvalue weighted by Crippen LogP contribution is 2.44. The quantitative estimate of drug-likeness (QED) is 0.571. The molecule has 3 nitrogen and oxygen atoms in total. The van der Waals surface area contributed by atoms with E-state index in [-0.39, 0.29) is 16.8 Å². The van der Waals surface area contributed by atoms with Gasteiger partial charge in [-0.1, -0.05) is 67.9 Å². The Morgan fingerprint density at radius 2 is 1.85 bits per heavy atom. The maximum absolute atomic E-state index is 12.0. The normalized spacial score (nSPS) is 22.3. The molecular formula is C22H27NO2S. The van der Waals surface area contributed by atoms with Gasteiger partial charge in [0.05, 0.1) is 11.9 Å². The third-order valence-electron chi connectivity index (χ3n) is 5.05. The number of unbranched alkanes of at least 4 members (excludes halogenated alkanes) is 1. The van der Waals surface area contributed by atoms with Crippen LogP contribution < -0.4 is 5.32 Å². The van der Waals surface area contributed by atoms with Crippen LogP contribution >= 0.6 is 11.8 Å². The molecule has 3 rings (SSSR count). The summed E-state index contributed by atoms with van der Waals surface area (Å²) in [4.78, 5) is 12.0. The SMILES string of the molecule is CCCCSC1(c2ccc(-c3ccccc3)cc2)CNC(C(=O)OC)C1. The van der Waals surface area contributed by atoms with Crippen molar-refractivity contribution >= 4 is 17.7 Å². The summed E-state index contributed by atoms with van der Waals surface area (Å²) in [6.07, 6.45) is 3.15. The molecule has 26 heavy (non-hydrogen) atoms. The summed E-state index contributed by atoms with van der Waals surface area (Å²) in [5, 5.41) is 3.37. The van der Waals surface area contributed by atoms with E-state index in [0.29, 0.717) is 0 Å². The number of rotatable bonds is 7. The number of methoxy groups -OCH3 is 1. The molecular weight excluding hydrogens is 342 g/mol. The van der Waals surface area contributed by atoms with Crippen LogP contribution in [-0.2, 0) is 14.3 Å². The number of nitrogens with one attached hydrogen (secondary N) is 1. The molecule has 1 aliphatic rings. The van der Waals surface area contributed by atoms with Gasteiger partial charge in [-0.2, -0.15) is 0 Å². The largest absolute Gasteiger partial charge is 0.468 e. The lowest BCUT2D eigenvalue weighted by Gasteiger charge is -2.29. The maximum atomic E-state index is 12.0. The van der Waals surface area contributed by atoms with Gasteiger partial charge in [-0.25, -0.2) is 0 Å². The number of thioether (sulfide) groups is 1. The fourth-order valence-corrected chi connectivity index (χ4v) is 5.09. The number of benzene rings is 2. The van der Waals surface area contributed by atoms with Gasteiger partial charge in [0.2, 0.25) is 0 Å². The smallest absolute Gasteiger partial charge is 0.322 e. The van der Waals surface area contributed by atoms with Crippen LogP contribution in [0.25, 0.3) is 11.1 Å². The summed E-state index contributed by atoms with van der Waals surface area (Å²) >= 11 is 1.97. The van der Waals surface area contributed by atoms with E-state index in [1.54, 1.807) is 0 Å². The van der Waals surface area contributed by atoms with Gasteiger partial charge in [0.1, 0.15) is 6.04 Å². The molecule has 138 valence electrons. The number of hydrogen-bond donors (Lipinski definition) is 1. The van der Waals surface area contributed by atoms with Crippen LogP contribution in [0.3, 0.4) is 0 Å². The average molecular weight is 370 g/mol. The first-order valence-electron chi connectivity index (χ1n) is 9.29. The molecule has 0 spiro atoms. The third-order valence-corrected chi connectivity index (χ3v) is 6.64. The first kappa shape index (κ1) is 19.0. The second-order valence-corrected chi connectivity index (χ2v) is 8.28.